The first kappa shape index (κ1) is 25.6. The fourth-order valence-corrected chi connectivity index (χ4v) is 2.89. The summed E-state index contributed by atoms with van der Waals surface area (Å²) in [6.07, 6.45) is 10.00. The Bertz CT molecular complexity index is 243. The van der Waals surface area contributed by atoms with Gasteiger partial charge in [-0.15, -0.1) is 0 Å². The van der Waals surface area contributed by atoms with Gasteiger partial charge in [-0.2, -0.15) is 0 Å². The number of nitrogens with zero attached hydrogens (tertiary/aromatic N) is 1. The van der Waals surface area contributed by atoms with Gasteiger partial charge >= 0.3 is 0 Å². The first-order chi connectivity index (χ1) is 11.4. The van der Waals surface area contributed by atoms with Crippen LogP contribution < -0.4 is 5.11 Å². The van der Waals surface area contributed by atoms with Crippen molar-refractivity contribution in [1.29, 1.82) is 0 Å². The maximum Gasteiger partial charge on any atom is 0.0786 e. The topological polar surface area (TPSA) is 60.4 Å². The Labute approximate surface area is 150 Å². The zero-order valence-electron chi connectivity index (χ0n) is 17.0. The minimum absolute atomic E-state index is 0.278. The molecule has 1 N–H and O–H groups in total. The molecule has 0 saturated heterocycles. The first-order valence-electron chi connectivity index (χ1n) is 10.1. The fourth-order valence-electron chi connectivity index (χ4n) is 2.89. The lowest BCUT2D eigenvalue weighted by Crippen LogP contribution is -2.50. The van der Waals surface area contributed by atoms with Gasteiger partial charge in [-0.25, -0.2) is 0 Å². The molecule has 0 aliphatic carbocycles. The van der Waals surface area contributed by atoms with Gasteiger partial charge in [0.15, 0.2) is 0 Å². The highest BCUT2D eigenvalue weighted by Crippen LogP contribution is 2.16. The van der Waals surface area contributed by atoms with E-state index in [1.165, 1.54) is 89.0 Å². The molecule has 146 valence electrons. The lowest BCUT2D eigenvalue weighted by atomic mass is 10.1. The van der Waals surface area contributed by atoms with Gasteiger partial charge in [0, 0.05) is 12.4 Å². The van der Waals surface area contributed by atoms with Gasteiger partial charge in [0.25, 0.3) is 0 Å². The summed E-state index contributed by atoms with van der Waals surface area (Å²) >= 11 is 0. The molecule has 1 unspecified atom stereocenters. The predicted molar refractivity (Wildman–Crippen MR) is 101 cm³/mol. The van der Waals surface area contributed by atoms with Gasteiger partial charge in [0.2, 0.25) is 0 Å². The van der Waals surface area contributed by atoms with E-state index in [1.54, 1.807) is 0 Å². The lowest BCUT2D eigenvalue weighted by molar-refractivity contribution is -0.929. The van der Waals surface area contributed by atoms with Crippen molar-refractivity contribution in [2.24, 2.45) is 0 Å². The smallest absolute Gasteiger partial charge is 0.0786 e. The summed E-state index contributed by atoms with van der Waals surface area (Å²) in [4.78, 5) is 9.54. The largest absolute Gasteiger partial charge is 0.550 e. The fraction of sp³-hybridized carbons (Fsp3) is 0.950. The van der Waals surface area contributed by atoms with Gasteiger partial charge in [0.05, 0.1) is 32.3 Å². The molecule has 0 radical (unpaired) electrons. The van der Waals surface area contributed by atoms with Crippen LogP contribution in [0.3, 0.4) is 0 Å². The number of carbonyl (C=O) groups is 1. The molecule has 0 aliphatic heterocycles. The number of carboxylic acid groups (broad SMARTS) is 1. The van der Waals surface area contributed by atoms with E-state index in [0.717, 1.165) is 0 Å². The maximum absolute atomic E-state index is 9.54. The van der Waals surface area contributed by atoms with E-state index >= 15 is 0 Å². The number of aliphatic hydroxyl groups is 1. The molecule has 0 heterocycles. The van der Waals surface area contributed by atoms with Gasteiger partial charge in [-0.1, -0.05) is 53.4 Å². The van der Waals surface area contributed by atoms with Crippen LogP contribution in [0, 0.1) is 0 Å². The van der Waals surface area contributed by atoms with Gasteiger partial charge in [-0.05, 0) is 32.6 Å². The number of hydrogen-bond acceptors (Lipinski definition) is 3. The molecule has 0 fully saturated rings. The van der Waals surface area contributed by atoms with Gasteiger partial charge in [-0.3, -0.25) is 0 Å². The first-order valence-corrected chi connectivity index (χ1v) is 10.1. The number of aliphatic carboxylic acids is 1. The van der Waals surface area contributed by atoms with Crippen LogP contribution in [0.4, 0.5) is 0 Å². The van der Waals surface area contributed by atoms with Crippen molar-refractivity contribution in [3.05, 3.63) is 0 Å². The lowest BCUT2D eigenvalue weighted by Gasteiger charge is -2.39. The summed E-state index contributed by atoms with van der Waals surface area (Å²) < 4.78 is 1.42. The van der Waals surface area contributed by atoms with E-state index in [-0.39, 0.29) is 6.42 Å². The van der Waals surface area contributed by atoms with Crippen LogP contribution in [0.15, 0.2) is 0 Å². The molecule has 0 rings (SSSR count). The summed E-state index contributed by atoms with van der Waals surface area (Å²) in [5.74, 6) is -1.21. The number of aliphatic hydroxyl groups excluding tert-OH is 1. The molecule has 0 bridgehead atoms. The number of rotatable bonds is 14. The number of carboxylic acids is 1. The molecule has 0 aromatic carbocycles. The summed E-state index contributed by atoms with van der Waals surface area (Å²) in [7, 11) is 0. The second-order valence-corrected chi connectivity index (χ2v) is 7.08. The highest BCUT2D eigenvalue weighted by molar-refractivity contribution is 5.64. The van der Waals surface area contributed by atoms with Crippen molar-refractivity contribution in [2.75, 3.05) is 26.2 Å². The molecule has 0 amide bonds. The molecule has 0 aromatic rings. The third-order valence-electron chi connectivity index (χ3n) is 4.41. The minimum Gasteiger partial charge on any atom is -0.550 e. The molecule has 1 atom stereocenters. The van der Waals surface area contributed by atoms with Crippen LogP contribution in [-0.2, 0) is 4.79 Å². The van der Waals surface area contributed by atoms with Crippen LogP contribution in [0.2, 0.25) is 0 Å². The number of hydrogen-bond donors (Lipinski definition) is 1. The molecular weight excluding hydrogens is 302 g/mol. The van der Waals surface area contributed by atoms with Crippen molar-refractivity contribution in [3.8, 4) is 0 Å². The Morgan fingerprint density at radius 3 is 1.25 bits per heavy atom. The second kappa shape index (κ2) is 17.2. The van der Waals surface area contributed by atoms with E-state index < -0.39 is 12.1 Å². The van der Waals surface area contributed by atoms with Gasteiger partial charge < -0.3 is 19.5 Å². The Kier molecular flexibility index (Phi) is 18.4. The highest BCUT2D eigenvalue weighted by Gasteiger charge is 2.24. The Hall–Kier alpha value is -0.610. The number of unbranched alkanes of at least 4 members (excludes halogenated alkanes) is 4. The summed E-state index contributed by atoms with van der Waals surface area (Å²) in [5.41, 5.74) is 0. The van der Waals surface area contributed by atoms with Crippen LogP contribution in [0.5, 0.6) is 0 Å². The van der Waals surface area contributed by atoms with Crippen LogP contribution >= 0.6 is 0 Å². The zero-order valence-corrected chi connectivity index (χ0v) is 17.0. The summed E-state index contributed by atoms with van der Waals surface area (Å²) in [6.45, 7) is 16.4. The van der Waals surface area contributed by atoms with Crippen molar-refractivity contribution < 1.29 is 19.5 Å². The molecule has 0 saturated carbocycles. The minimum atomic E-state index is -1.21. The molecular formula is C20H43NO3. The Morgan fingerprint density at radius 2 is 1.12 bits per heavy atom. The van der Waals surface area contributed by atoms with E-state index in [2.05, 4.69) is 27.7 Å². The van der Waals surface area contributed by atoms with Gasteiger partial charge in [0.1, 0.15) is 0 Å². The van der Waals surface area contributed by atoms with Crippen molar-refractivity contribution in [1.82, 2.24) is 0 Å². The third-order valence-corrected chi connectivity index (χ3v) is 4.41. The second-order valence-electron chi connectivity index (χ2n) is 7.08. The van der Waals surface area contributed by atoms with E-state index in [9.17, 15) is 9.90 Å². The third kappa shape index (κ3) is 16.3. The highest BCUT2D eigenvalue weighted by atomic mass is 16.4. The Morgan fingerprint density at radius 1 is 0.833 bits per heavy atom. The van der Waals surface area contributed by atoms with E-state index in [0.29, 0.717) is 0 Å². The van der Waals surface area contributed by atoms with E-state index in [4.69, 9.17) is 5.11 Å². The molecule has 4 nitrogen and oxygen atoms in total. The molecule has 24 heavy (non-hydrogen) atoms. The number of carbonyl (C=O) groups excluding carboxylic acids is 1. The summed E-state index contributed by atoms with van der Waals surface area (Å²) in [6, 6.07) is 0. The number of quaternary nitrogens is 1. The zero-order chi connectivity index (χ0) is 18.8. The van der Waals surface area contributed by atoms with Crippen molar-refractivity contribution in [3.63, 3.8) is 0 Å². The average molecular weight is 346 g/mol. The van der Waals surface area contributed by atoms with Crippen LogP contribution in [0.25, 0.3) is 0 Å². The molecule has 0 aliphatic rings. The monoisotopic (exact) mass is 345 g/mol. The standard InChI is InChI=1S/C16H36N.C4H8O3/c1-5-9-13-17(14-10-6-2,15-11-7-3)16-12-8-4;1-3(5)2-4(6)7/h5-16H2,1-4H3;3,5H,2H2,1H3,(H,6,7)/q+1;/p-1. The van der Waals surface area contributed by atoms with Crippen LogP contribution in [0.1, 0.15) is 92.4 Å². The van der Waals surface area contributed by atoms with Crippen molar-refractivity contribution in [2.45, 2.75) is 98.5 Å². The molecule has 4 heteroatoms. The quantitative estimate of drug-likeness (QED) is 0.490. The normalized spacial score (nSPS) is 12.4. The van der Waals surface area contributed by atoms with Crippen molar-refractivity contribution >= 4 is 5.97 Å². The predicted octanol–water partition coefficient (Wildman–Crippen LogP) is 3.51. The van der Waals surface area contributed by atoms with E-state index in [1.807, 2.05) is 0 Å². The Balaban J connectivity index is 0. The van der Waals surface area contributed by atoms with Crippen LogP contribution in [-0.4, -0.2) is 47.8 Å². The SMILES string of the molecule is CC(O)CC(=O)[O-].CCCC[N+](CCCC)(CCCC)CCCC. The summed E-state index contributed by atoms with van der Waals surface area (Å²) in [5, 5.41) is 17.8. The maximum atomic E-state index is 9.54. The average Bonchev–Trinajstić information content (AvgIpc) is 2.53. The molecule has 0 aromatic heterocycles. The molecule has 0 spiro atoms.